The lowest BCUT2D eigenvalue weighted by atomic mass is 10.0. The van der Waals surface area contributed by atoms with E-state index in [0.717, 1.165) is 44.8 Å². The highest BCUT2D eigenvalue weighted by atomic mass is 16.3. The predicted molar refractivity (Wildman–Crippen MR) is 99.6 cm³/mol. The molecule has 0 bridgehead atoms. The molecule has 0 amide bonds. The Hall–Kier alpha value is -3.06. The normalized spacial score (nSPS) is 11.4. The van der Waals surface area contributed by atoms with Crippen molar-refractivity contribution in [1.82, 2.24) is 29.9 Å². The van der Waals surface area contributed by atoms with Crippen molar-refractivity contribution in [3.05, 3.63) is 47.5 Å². The topological polar surface area (TPSA) is 92.5 Å². The molecule has 3 aromatic heterocycles. The average molecular weight is 348 g/mol. The first kappa shape index (κ1) is 16.4. The van der Waals surface area contributed by atoms with Crippen molar-refractivity contribution in [2.24, 2.45) is 0 Å². The van der Waals surface area contributed by atoms with Gasteiger partial charge in [-0.1, -0.05) is 0 Å². The Balaban J connectivity index is 1.80. The van der Waals surface area contributed by atoms with Gasteiger partial charge >= 0.3 is 0 Å². The second-order valence-electron chi connectivity index (χ2n) is 6.42. The van der Waals surface area contributed by atoms with Crippen LogP contribution in [0.2, 0.25) is 0 Å². The molecular weight excluding hydrogens is 328 g/mol. The van der Waals surface area contributed by atoms with Gasteiger partial charge in [-0.15, -0.1) is 0 Å². The highest BCUT2D eigenvalue weighted by Crippen LogP contribution is 2.28. The minimum Gasteiger partial charge on any atom is -0.394 e. The molecule has 2 N–H and O–H groups in total. The van der Waals surface area contributed by atoms with E-state index in [0.29, 0.717) is 12.4 Å². The minimum atomic E-state index is 0.0637. The number of rotatable bonds is 4. The van der Waals surface area contributed by atoms with E-state index in [-0.39, 0.29) is 6.61 Å². The van der Waals surface area contributed by atoms with E-state index in [1.54, 1.807) is 4.68 Å². The van der Waals surface area contributed by atoms with Gasteiger partial charge in [0.2, 0.25) is 0 Å². The number of aryl methyl sites for hydroxylation is 3. The predicted octanol–water partition coefficient (Wildman–Crippen LogP) is 2.80. The number of pyridine rings is 1. The highest BCUT2D eigenvalue weighted by Gasteiger charge is 2.12. The van der Waals surface area contributed by atoms with Crippen LogP contribution in [0.4, 0.5) is 0 Å². The highest BCUT2D eigenvalue weighted by molar-refractivity contribution is 5.88. The molecule has 132 valence electrons. The Labute approximate surface area is 150 Å². The second kappa shape index (κ2) is 6.34. The zero-order valence-electron chi connectivity index (χ0n) is 15.0. The molecular formula is C19H20N6O. The first-order valence-electron chi connectivity index (χ1n) is 8.51. The third-order valence-corrected chi connectivity index (χ3v) is 4.42. The van der Waals surface area contributed by atoms with Gasteiger partial charge < -0.3 is 5.11 Å². The number of benzene rings is 1. The molecule has 0 aliphatic carbocycles. The van der Waals surface area contributed by atoms with Gasteiger partial charge in [-0.25, -0.2) is 9.97 Å². The number of fused-ring (bicyclic) bond motifs is 1. The van der Waals surface area contributed by atoms with Gasteiger partial charge in [0.1, 0.15) is 5.82 Å². The lowest BCUT2D eigenvalue weighted by Gasteiger charge is -2.07. The fourth-order valence-electron chi connectivity index (χ4n) is 3.13. The largest absolute Gasteiger partial charge is 0.394 e. The first-order chi connectivity index (χ1) is 12.5. The number of aliphatic hydroxyl groups excluding tert-OH is 1. The molecule has 0 saturated carbocycles. The van der Waals surface area contributed by atoms with Crippen LogP contribution < -0.4 is 0 Å². The van der Waals surface area contributed by atoms with E-state index in [9.17, 15) is 0 Å². The summed E-state index contributed by atoms with van der Waals surface area (Å²) < 4.78 is 1.75. The molecule has 0 atom stereocenters. The first-order valence-corrected chi connectivity index (χ1v) is 8.51. The van der Waals surface area contributed by atoms with Gasteiger partial charge in [-0.05, 0) is 50.6 Å². The molecule has 0 radical (unpaired) electrons. The monoisotopic (exact) mass is 348 g/mol. The Kier molecular flexibility index (Phi) is 4.00. The molecule has 0 unspecified atom stereocenters. The summed E-state index contributed by atoms with van der Waals surface area (Å²) in [5, 5.41) is 21.7. The molecule has 0 aliphatic heterocycles. The summed E-state index contributed by atoms with van der Waals surface area (Å²) in [6.07, 6.45) is 1.93. The number of aromatic nitrogens is 6. The summed E-state index contributed by atoms with van der Waals surface area (Å²) in [5.41, 5.74) is 5.79. The number of nitrogens with one attached hydrogen (secondary N) is 1. The number of nitrogens with zero attached hydrogens (tertiary/aromatic N) is 5. The quantitative estimate of drug-likeness (QED) is 0.591. The van der Waals surface area contributed by atoms with Crippen LogP contribution in [-0.4, -0.2) is 41.7 Å². The van der Waals surface area contributed by atoms with Gasteiger partial charge in [0.15, 0.2) is 5.82 Å². The molecule has 3 heterocycles. The maximum Gasteiger partial charge on any atom is 0.181 e. The van der Waals surface area contributed by atoms with Crippen LogP contribution in [0.15, 0.2) is 30.5 Å². The smallest absolute Gasteiger partial charge is 0.181 e. The zero-order chi connectivity index (χ0) is 18.3. The number of aliphatic hydroxyl groups is 1. The van der Waals surface area contributed by atoms with E-state index >= 15 is 0 Å². The summed E-state index contributed by atoms with van der Waals surface area (Å²) in [4.78, 5) is 9.21. The molecule has 4 aromatic rings. The van der Waals surface area contributed by atoms with Crippen molar-refractivity contribution in [3.63, 3.8) is 0 Å². The van der Waals surface area contributed by atoms with Crippen LogP contribution in [0.1, 0.15) is 17.1 Å². The van der Waals surface area contributed by atoms with Crippen LogP contribution in [0.25, 0.3) is 33.5 Å². The zero-order valence-corrected chi connectivity index (χ0v) is 15.0. The fourth-order valence-corrected chi connectivity index (χ4v) is 3.13. The molecule has 0 fully saturated rings. The maximum absolute atomic E-state index is 9.11. The average Bonchev–Trinajstić information content (AvgIpc) is 3.21. The Morgan fingerprint density at radius 1 is 1.12 bits per heavy atom. The molecule has 7 nitrogen and oxygen atoms in total. The van der Waals surface area contributed by atoms with Crippen LogP contribution in [0.3, 0.4) is 0 Å². The van der Waals surface area contributed by atoms with Crippen LogP contribution >= 0.6 is 0 Å². The van der Waals surface area contributed by atoms with Gasteiger partial charge in [-0.3, -0.25) is 9.78 Å². The number of hydrogen-bond acceptors (Lipinski definition) is 5. The number of H-pyrrole nitrogens is 1. The van der Waals surface area contributed by atoms with Gasteiger partial charge in [0.25, 0.3) is 0 Å². The summed E-state index contributed by atoms with van der Waals surface area (Å²) in [7, 11) is 0. The Morgan fingerprint density at radius 2 is 1.96 bits per heavy atom. The van der Waals surface area contributed by atoms with Crippen molar-refractivity contribution in [2.45, 2.75) is 27.3 Å². The van der Waals surface area contributed by atoms with Crippen molar-refractivity contribution in [3.8, 4) is 22.6 Å². The standard InChI is InChI=1S/C19H20N6O/c1-11-8-18(16-10-25(6-7-26)24-12(16)2)21-17-5-4-14(9-15(11)17)19-20-13(3)22-23-19/h4-5,8-10,26H,6-7H2,1-3H3,(H,20,22,23). The van der Waals surface area contributed by atoms with Crippen molar-refractivity contribution < 1.29 is 5.11 Å². The van der Waals surface area contributed by atoms with Gasteiger partial charge in [-0.2, -0.15) is 10.2 Å². The van der Waals surface area contributed by atoms with E-state index in [1.165, 1.54) is 0 Å². The minimum absolute atomic E-state index is 0.0637. The Morgan fingerprint density at radius 3 is 2.69 bits per heavy atom. The maximum atomic E-state index is 9.11. The lowest BCUT2D eigenvalue weighted by Crippen LogP contribution is -2.02. The second-order valence-corrected chi connectivity index (χ2v) is 6.42. The third kappa shape index (κ3) is 2.86. The molecule has 0 saturated heterocycles. The van der Waals surface area contributed by atoms with Crippen LogP contribution in [0.5, 0.6) is 0 Å². The van der Waals surface area contributed by atoms with Gasteiger partial charge in [0.05, 0.1) is 30.1 Å². The third-order valence-electron chi connectivity index (χ3n) is 4.42. The molecule has 7 heteroatoms. The van der Waals surface area contributed by atoms with Gasteiger partial charge in [0, 0.05) is 22.7 Å². The van der Waals surface area contributed by atoms with Crippen molar-refractivity contribution >= 4 is 10.9 Å². The molecule has 0 aliphatic rings. The van der Waals surface area contributed by atoms with E-state index < -0.39 is 0 Å². The lowest BCUT2D eigenvalue weighted by molar-refractivity contribution is 0.269. The van der Waals surface area contributed by atoms with Crippen LogP contribution in [-0.2, 0) is 6.54 Å². The summed E-state index contributed by atoms with van der Waals surface area (Å²) in [5.74, 6) is 1.48. The Bertz CT molecular complexity index is 1090. The van der Waals surface area contributed by atoms with Crippen molar-refractivity contribution in [2.75, 3.05) is 6.61 Å². The summed E-state index contributed by atoms with van der Waals surface area (Å²) in [6, 6.07) is 8.14. The fraction of sp³-hybridized carbons (Fsp3) is 0.263. The molecule has 4 rings (SSSR count). The summed E-state index contributed by atoms with van der Waals surface area (Å²) in [6.45, 7) is 6.46. The van der Waals surface area contributed by atoms with Crippen LogP contribution in [0, 0.1) is 20.8 Å². The number of aromatic amines is 1. The van der Waals surface area contributed by atoms with Crippen molar-refractivity contribution in [1.29, 1.82) is 0 Å². The molecule has 26 heavy (non-hydrogen) atoms. The van der Waals surface area contributed by atoms with E-state index in [4.69, 9.17) is 10.1 Å². The summed E-state index contributed by atoms with van der Waals surface area (Å²) >= 11 is 0. The number of hydrogen-bond donors (Lipinski definition) is 2. The molecule has 1 aromatic carbocycles. The SMILES string of the molecule is Cc1nc(-c2ccc3nc(-c4cn(CCO)nc4C)cc(C)c3c2)n[nH]1. The van der Waals surface area contributed by atoms with E-state index in [1.807, 2.05) is 32.2 Å². The van der Waals surface area contributed by atoms with E-state index in [2.05, 4.69) is 39.3 Å². The molecule has 0 spiro atoms.